The number of halogens is 2. The average molecular weight is 325 g/mol. The lowest BCUT2D eigenvalue weighted by Crippen LogP contribution is -2.08. The first kappa shape index (κ1) is 13.9. The summed E-state index contributed by atoms with van der Waals surface area (Å²) in [5, 5.41) is 1.93. The van der Waals surface area contributed by atoms with Gasteiger partial charge in [-0.1, -0.05) is 35.9 Å². The van der Waals surface area contributed by atoms with Gasteiger partial charge in [-0.05, 0) is 24.3 Å². The molecule has 2 heterocycles. The predicted molar refractivity (Wildman–Crippen MR) is 88.4 cm³/mol. The summed E-state index contributed by atoms with van der Waals surface area (Å²) in [5.74, 6) is -1.19. The van der Waals surface area contributed by atoms with Crippen molar-refractivity contribution in [3.63, 3.8) is 0 Å². The summed E-state index contributed by atoms with van der Waals surface area (Å²) in [6.45, 7) is 0. The maximum Gasteiger partial charge on any atom is 0.217 e. The number of carbonyl (C=O) groups excluding carboxylic acids is 1. The molecule has 5 heteroatoms. The SMILES string of the molecule is O=C(c1c(F)cccc1Cl)c1nccc2c1[nH]c1ccccc12. The molecule has 0 atom stereocenters. The molecule has 0 unspecified atom stereocenters. The molecule has 0 aliphatic carbocycles. The summed E-state index contributed by atoms with van der Waals surface area (Å²) in [6, 6.07) is 13.7. The van der Waals surface area contributed by atoms with E-state index in [1.54, 1.807) is 6.20 Å². The Morgan fingerprint density at radius 3 is 2.70 bits per heavy atom. The summed E-state index contributed by atoms with van der Waals surface area (Å²) < 4.78 is 14.0. The van der Waals surface area contributed by atoms with Gasteiger partial charge < -0.3 is 4.98 Å². The quantitative estimate of drug-likeness (QED) is 0.541. The van der Waals surface area contributed by atoms with Crippen LogP contribution < -0.4 is 0 Å². The Kier molecular flexibility index (Phi) is 3.13. The predicted octanol–water partition coefficient (Wildman–Crippen LogP) is 4.74. The number of pyridine rings is 1. The van der Waals surface area contributed by atoms with Crippen molar-refractivity contribution in [2.75, 3.05) is 0 Å². The van der Waals surface area contributed by atoms with Gasteiger partial charge in [0.05, 0.1) is 16.1 Å². The molecule has 0 bridgehead atoms. The highest BCUT2D eigenvalue weighted by atomic mass is 35.5. The van der Waals surface area contributed by atoms with Crippen molar-refractivity contribution < 1.29 is 9.18 Å². The van der Waals surface area contributed by atoms with Crippen molar-refractivity contribution in [3.05, 3.63) is 76.8 Å². The van der Waals surface area contributed by atoms with Gasteiger partial charge in [0.25, 0.3) is 0 Å². The fourth-order valence-electron chi connectivity index (χ4n) is 2.78. The minimum Gasteiger partial charge on any atom is -0.353 e. The number of H-pyrrole nitrogens is 1. The summed E-state index contributed by atoms with van der Waals surface area (Å²) >= 11 is 6.01. The molecule has 3 nitrogen and oxygen atoms in total. The van der Waals surface area contributed by atoms with Crippen molar-refractivity contribution in [1.82, 2.24) is 9.97 Å². The van der Waals surface area contributed by atoms with Gasteiger partial charge >= 0.3 is 0 Å². The van der Waals surface area contributed by atoms with Crippen LogP contribution in [0.25, 0.3) is 21.8 Å². The third-order valence-electron chi connectivity index (χ3n) is 3.83. The molecule has 0 saturated heterocycles. The minimum absolute atomic E-state index is 0.0740. The van der Waals surface area contributed by atoms with Gasteiger partial charge in [0, 0.05) is 22.5 Å². The number of para-hydroxylation sites is 1. The number of fused-ring (bicyclic) bond motifs is 3. The Morgan fingerprint density at radius 2 is 1.87 bits per heavy atom. The Labute approximate surface area is 135 Å². The van der Waals surface area contributed by atoms with Crippen molar-refractivity contribution in [3.8, 4) is 0 Å². The lowest BCUT2D eigenvalue weighted by molar-refractivity contribution is 0.103. The Balaban J connectivity index is 2.01. The molecule has 2 aromatic carbocycles. The second-order valence-corrected chi connectivity index (χ2v) is 5.59. The topological polar surface area (TPSA) is 45.8 Å². The molecule has 112 valence electrons. The van der Waals surface area contributed by atoms with Crippen molar-refractivity contribution in [1.29, 1.82) is 0 Å². The molecule has 0 fully saturated rings. The van der Waals surface area contributed by atoms with Crippen LogP contribution in [-0.2, 0) is 0 Å². The number of ketones is 1. The van der Waals surface area contributed by atoms with E-state index in [1.165, 1.54) is 18.2 Å². The smallest absolute Gasteiger partial charge is 0.217 e. The number of carbonyl (C=O) groups is 1. The van der Waals surface area contributed by atoms with Gasteiger partial charge in [0.15, 0.2) is 0 Å². The standard InChI is InChI=1S/C18H10ClFN2O/c19-12-5-3-6-13(20)15(12)18(23)17-16-11(8-9-21-17)10-4-1-2-7-14(10)22-16/h1-9,22H. The van der Waals surface area contributed by atoms with Gasteiger partial charge in [-0.2, -0.15) is 0 Å². The van der Waals surface area contributed by atoms with E-state index in [0.29, 0.717) is 5.52 Å². The molecule has 0 radical (unpaired) electrons. The normalized spacial score (nSPS) is 11.2. The van der Waals surface area contributed by atoms with E-state index in [1.807, 2.05) is 30.3 Å². The Bertz CT molecular complexity index is 1050. The first-order chi connectivity index (χ1) is 11.2. The van der Waals surface area contributed by atoms with Gasteiger partial charge in [-0.3, -0.25) is 9.78 Å². The number of nitrogens with zero attached hydrogens (tertiary/aromatic N) is 1. The van der Waals surface area contributed by atoms with Gasteiger partial charge in [-0.15, -0.1) is 0 Å². The summed E-state index contributed by atoms with van der Waals surface area (Å²) in [7, 11) is 0. The van der Waals surface area contributed by atoms with Crippen LogP contribution >= 0.6 is 11.6 Å². The van der Waals surface area contributed by atoms with Crippen LogP contribution in [0.3, 0.4) is 0 Å². The minimum atomic E-state index is -0.655. The highest BCUT2D eigenvalue weighted by Gasteiger charge is 2.22. The maximum absolute atomic E-state index is 14.0. The molecule has 0 saturated carbocycles. The summed E-state index contributed by atoms with van der Waals surface area (Å²) in [6.07, 6.45) is 1.55. The number of aromatic nitrogens is 2. The Morgan fingerprint density at radius 1 is 1.04 bits per heavy atom. The Hall–Kier alpha value is -2.72. The molecule has 0 amide bonds. The third-order valence-corrected chi connectivity index (χ3v) is 4.15. The second-order valence-electron chi connectivity index (χ2n) is 5.18. The largest absolute Gasteiger partial charge is 0.353 e. The van der Waals surface area contributed by atoms with Gasteiger partial charge in [0.1, 0.15) is 11.5 Å². The lowest BCUT2D eigenvalue weighted by atomic mass is 10.0. The molecule has 4 aromatic rings. The van der Waals surface area contributed by atoms with Crippen LogP contribution in [0.4, 0.5) is 4.39 Å². The molecule has 0 spiro atoms. The first-order valence-corrected chi connectivity index (χ1v) is 7.39. The molecule has 0 aliphatic rings. The van der Waals surface area contributed by atoms with E-state index in [2.05, 4.69) is 9.97 Å². The van der Waals surface area contributed by atoms with Crippen LogP contribution in [0.15, 0.2) is 54.7 Å². The lowest BCUT2D eigenvalue weighted by Gasteiger charge is -2.05. The number of rotatable bonds is 2. The zero-order chi connectivity index (χ0) is 16.0. The van der Waals surface area contributed by atoms with Gasteiger partial charge in [-0.25, -0.2) is 4.39 Å². The van der Waals surface area contributed by atoms with Crippen LogP contribution in [-0.4, -0.2) is 15.8 Å². The van der Waals surface area contributed by atoms with E-state index in [-0.39, 0.29) is 16.3 Å². The zero-order valence-electron chi connectivity index (χ0n) is 11.8. The molecule has 0 aliphatic heterocycles. The van der Waals surface area contributed by atoms with E-state index in [4.69, 9.17) is 11.6 Å². The second kappa shape index (κ2) is 5.18. The molecule has 1 N–H and O–H groups in total. The zero-order valence-corrected chi connectivity index (χ0v) is 12.6. The number of aromatic amines is 1. The van der Waals surface area contributed by atoms with Crippen molar-refractivity contribution in [2.45, 2.75) is 0 Å². The first-order valence-electron chi connectivity index (χ1n) is 7.01. The van der Waals surface area contributed by atoms with E-state index in [9.17, 15) is 9.18 Å². The van der Waals surface area contributed by atoms with Crippen molar-refractivity contribution >= 4 is 39.2 Å². The number of nitrogens with one attached hydrogen (secondary N) is 1. The maximum atomic E-state index is 14.0. The number of benzene rings is 2. The molecular weight excluding hydrogens is 315 g/mol. The summed E-state index contributed by atoms with van der Waals surface area (Å²) in [4.78, 5) is 20.1. The fraction of sp³-hybridized carbons (Fsp3) is 0. The van der Waals surface area contributed by atoms with E-state index < -0.39 is 11.6 Å². The highest BCUT2D eigenvalue weighted by molar-refractivity contribution is 6.35. The van der Waals surface area contributed by atoms with Crippen molar-refractivity contribution in [2.24, 2.45) is 0 Å². The molecule has 4 rings (SSSR count). The highest BCUT2D eigenvalue weighted by Crippen LogP contribution is 2.29. The summed E-state index contributed by atoms with van der Waals surface area (Å²) in [5.41, 5.74) is 1.47. The number of hydrogen-bond acceptors (Lipinski definition) is 2. The molecule has 2 aromatic heterocycles. The average Bonchev–Trinajstić information content (AvgIpc) is 2.93. The van der Waals surface area contributed by atoms with Crippen LogP contribution in [0.5, 0.6) is 0 Å². The monoisotopic (exact) mass is 324 g/mol. The fourth-order valence-corrected chi connectivity index (χ4v) is 3.03. The molecular formula is C18H10ClFN2O. The molecule has 23 heavy (non-hydrogen) atoms. The van der Waals surface area contributed by atoms with Gasteiger partial charge in [0.2, 0.25) is 5.78 Å². The third kappa shape index (κ3) is 2.11. The van der Waals surface area contributed by atoms with E-state index >= 15 is 0 Å². The van der Waals surface area contributed by atoms with Crippen LogP contribution in [0.2, 0.25) is 5.02 Å². The van der Waals surface area contributed by atoms with Crippen LogP contribution in [0.1, 0.15) is 16.1 Å². The van der Waals surface area contributed by atoms with Crippen LogP contribution in [0, 0.1) is 5.82 Å². The number of hydrogen-bond donors (Lipinski definition) is 1. The van der Waals surface area contributed by atoms with E-state index in [0.717, 1.165) is 16.3 Å².